The van der Waals surface area contributed by atoms with Crippen molar-refractivity contribution in [2.75, 3.05) is 27.2 Å². The molecule has 0 aliphatic carbocycles. The first kappa shape index (κ1) is 18.4. The molecule has 1 atom stereocenters. The number of ether oxygens (including phenoxy) is 1. The van der Waals surface area contributed by atoms with E-state index in [2.05, 4.69) is 5.32 Å². The Kier molecular flexibility index (Phi) is 5.41. The van der Waals surface area contributed by atoms with Crippen molar-refractivity contribution in [2.45, 2.75) is 18.9 Å². The SMILES string of the molecule is CC[C@]1(c2ccccc2)NC(=O)N(CC(=O)OCC(=O)N(C)C)C1=O. The van der Waals surface area contributed by atoms with E-state index in [1.165, 1.54) is 19.0 Å². The van der Waals surface area contributed by atoms with Gasteiger partial charge in [-0.2, -0.15) is 0 Å². The number of carbonyl (C=O) groups is 4. The highest BCUT2D eigenvalue weighted by molar-refractivity contribution is 6.09. The minimum absolute atomic E-state index is 0.340. The van der Waals surface area contributed by atoms with Crippen molar-refractivity contribution in [1.82, 2.24) is 15.1 Å². The molecule has 0 spiro atoms. The molecule has 8 heteroatoms. The standard InChI is InChI=1S/C17H21N3O5/c1-4-17(12-8-6-5-7-9-12)15(23)20(16(24)18-17)10-14(22)25-11-13(21)19(2)3/h5-9H,4,10-11H2,1-3H3,(H,18,24)/t17-/m1/s1. The van der Waals surface area contributed by atoms with Crippen LogP contribution in [0.5, 0.6) is 0 Å². The molecule has 0 aromatic heterocycles. The van der Waals surface area contributed by atoms with E-state index < -0.39 is 42.5 Å². The summed E-state index contributed by atoms with van der Waals surface area (Å²) in [6, 6.07) is 8.20. The normalized spacial score (nSPS) is 19.6. The first-order chi connectivity index (χ1) is 11.8. The van der Waals surface area contributed by atoms with E-state index in [1.807, 2.05) is 6.07 Å². The summed E-state index contributed by atoms with van der Waals surface area (Å²) in [5.41, 5.74) is -0.549. The van der Waals surface area contributed by atoms with E-state index in [1.54, 1.807) is 31.2 Å². The van der Waals surface area contributed by atoms with Crippen molar-refractivity contribution in [1.29, 1.82) is 0 Å². The first-order valence-electron chi connectivity index (χ1n) is 7.87. The topological polar surface area (TPSA) is 96.0 Å². The molecule has 4 amide bonds. The number of esters is 1. The largest absolute Gasteiger partial charge is 0.454 e. The Morgan fingerprint density at radius 1 is 1.20 bits per heavy atom. The van der Waals surface area contributed by atoms with Crippen molar-refractivity contribution in [3.05, 3.63) is 35.9 Å². The third-order valence-electron chi connectivity index (χ3n) is 4.12. The highest BCUT2D eigenvalue weighted by Crippen LogP contribution is 2.32. The summed E-state index contributed by atoms with van der Waals surface area (Å²) in [6.45, 7) is 0.801. The van der Waals surface area contributed by atoms with Crippen molar-refractivity contribution < 1.29 is 23.9 Å². The molecule has 1 saturated heterocycles. The van der Waals surface area contributed by atoms with E-state index in [-0.39, 0.29) is 0 Å². The molecule has 25 heavy (non-hydrogen) atoms. The van der Waals surface area contributed by atoms with Gasteiger partial charge < -0.3 is 15.0 Å². The highest BCUT2D eigenvalue weighted by atomic mass is 16.5. The molecule has 2 rings (SSSR count). The van der Waals surface area contributed by atoms with Gasteiger partial charge in [-0.05, 0) is 12.0 Å². The van der Waals surface area contributed by atoms with Crippen LogP contribution in [0.3, 0.4) is 0 Å². The molecule has 1 fully saturated rings. The maximum absolute atomic E-state index is 12.8. The Hall–Kier alpha value is -2.90. The van der Waals surface area contributed by atoms with Crippen LogP contribution in [0, 0.1) is 0 Å². The van der Waals surface area contributed by atoms with E-state index in [9.17, 15) is 19.2 Å². The number of hydrogen-bond acceptors (Lipinski definition) is 5. The second-order valence-electron chi connectivity index (χ2n) is 5.90. The van der Waals surface area contributed by atoms with Crippen molar-refractivity contribution in [3.8, 4) is 0 Å². The summed E-state index contributed by atoms with van der Waals surface area (Å²) >= 11 is 0. The van der Waals surface area contributed by atoms with Gasteiger partial charge in [0.15, 0.2) is 6.61 Å². The number of amides is 4. The van der Waals surface area contributed by atoms with Gasteiger partial charge in [-0.3, -0.25) is 19.3 Å². The molecule has 1 N–H and O–H groups in total. The predicted octanol–water partition coefficient (Wildman–Crippen LogP) is 0.475. The lowest BCUT2D eigenvalue weighted by molar-refractivity contribution is -0.153. The van der Waals surface area contributed by atoms with E-state index in [0.29, 0.717) is 12.0 Å². The van der Waals surface area contributed by atoms with Crippen LogP contribution >= 0.6 is 0 Å². The number of likely N-dealkylation sites (N-methyl/N-ethyl adjacent to an activating group) is 1. The number of carbonyl (C=O) groups excluding carboxylic acids is 4. The van der Waals surface area contributed by atoms with Gasteiger partial charge in [0.25, 0.3) is 11.8 Å². The predicted molar refractivity (Wildman–Crippen MR) is 88.3 cm³/mol. The van der Waals surface area contributed by atoms with Gasteiger partial charge in [0.2, 0.25) is 0 Å². The summed E-state index contributed by atoms with van der Waals surface area (Å²) in [4.78, 5) is 50.5. The lowest BCUT2D eigenvalue weighted by Crippen LogP contribution is -2.44. The van der Waals surface area contributed by atoms with Crippen LogP contribution in [0.4, 0.5) is 4.79 Å². The van der Waals surface area contributed by atoms with Crippen molar-refractivity contribution >= 4 is 23.8 Å². The van der Waals surface area contributed by atoms with E-state index in [0.717, 1.165) is 4.90 Å². The summed E-state index contributed by atoms with van der Waals surface area (Å²) in [7, 11) is 3.06. The van der Waals surface area contributed by atoms with Crippen LogP contribution in [-0.2, 0) is 24.7 Å². The Morgan fingerprint density at radius 2 is 1.84 bits per heavy atom. The monoisotopic (exact) mass is 347 g/mol. The fourth-order valence-electron chi connectivity index (χ4n) is 2.58. The van der Waals surface area contributed by atoms with Crippen LogP contribution in [0.1, 0.15) is 18.9 Å². The van der Waals surface area contributed by atoms with Gasteiger partial charge in [-0.1, -0.05) is 37.3 Å². The number of nitrogens with zero attached hydrogens (tertiary/aromatic N) is 2. The zero-order valence-corrected chi connectivity index (χ0v) is 14.4. The van der Waals surface area contributed by atoms with Crippen molar-refractivity contribution in [2.24, 2.45) is 0 Å². The third kappa shape index (κ3) is 3.62. The second kappa shape index (κ2) is 7.33. The summed E-state index contributed by atoms with van der Waals surface area (Å²) < 4.78 is 4.83. The molecule has 1 aliphatic heterocycles. The minimum atomic E-state index is -1.20. The molecular weight excluding hydrogens is 326 g/mol. The molecule has 1 aromatic rings. The summed E-state index contributed by atoms with van der Waals surface area (Å²) in [5, 5.41) is 2.68. The zero-order chi connectivity index (χ0) is 18.6. The average molecular weight is 347 g/mol. The molecule has 1 aromatic carbocycles. The Morgan fingerprint density at radius 3 is 2.40 bits per heavy atom. The third-order valence-corrected chi connectivity index (χ3v) is 4.12. The van der Waals surface area contributed by atoms with E-state index in [4.69, 9.17) is 4.74 Å². The lowest BCUT2D eigenvalue weighted by Gasteiger charge is -2.25. The van der Waals surface area contributed by atoms with Crippen LogP contribution in [-0.4, -0.2) is 60.9 Å². The van der Waals surface area contributed by atoms with Gasteiger partial charge in [0.05, 0.1) is 0 Å². The van der Waals surface area contributed by atoms with Gasteiger partial charge in [-0.15, -0.1) is 0 Å². The van der Waals surface area contributed by atoms with Crippen molar-refractivity contribution in [3.63, 3.8) is 0 Å². The maximum Gasteiger partial charge on any atom is 0.326 e. The Balaban J connectivity index is 2.10. The number of imide groups is 1. The van der Waals surface area contributed by atoms with Gasteiger partial charge in [-0.25, -0.2) is 4.79 Å². The number of nitrogens with one attached hydrogen (secondary N) is 1. The molecule has 0 saturated carbocycles. The number of benzene rings is 1. The fraction of sp³-hybridized carbons (Fsp3) is 0.412. The van der Waals surface area contributed by atoms with Crippen LogP contribution in [0.2, 0.25) is 0 Å². The zero-order valence-electron chi connectivity index (χ0n) is 14.4. The molecule has 0 unspecified atom stereocenters. The van der Waals surface area contributed by atoms with E-state index >= 15 is 0 Å². The fourth-order valence-corrected chi connectivity index (χ4v) is 2.58. The van der Waals surface area contributed by atoms with Crippen LogP contribution in [0.25, 0.3) is 0 Å². The number of urea groups is 1. The Labute approximate surface area is 145 Å². The summed E-state index contributed by atoms with van der Waals surface area (Å²) in [6.07, 6.45) is 0.340. The van der Waals surface area contributed by atoms with Crippen LogP contribution in [0.15, 0.2) is 30.3 Å². The highest BCUT2D eigenvalue weighted by Gasteiger charge is 2.51. The first-order valence-corrected chi connectivity index (χ1v) is 7.87. The molecule has 0 bridgehead atoms. The van der Waals surface area contributed by atoms with Gasteiger partial charge >= 0.3 is 12.0 Å². The van der Waals surface area contributed by atoms with Crippen LogP contribution < -0.4 is 5.32 Å². The molecule has 1 heterocycles. The molecule has 0 radical (unpaired) electrons. The second-order valence-corrected chi connectivity index (χ2v) is 5.90. The molecular formula is C17H21N3O5. The maximum atomic E-state index is 12.8. The molecule has 134 valence electrons. The summed E-state index contributed by atoms with van der Waals surface area (Å²) in [5.74, 6) is -1.72. The minimum Gasteiger partial charge on any atom is -0.454 e. The molecule has 1 aliphatic rings. The van der Waals surface area contributed by atoms with Gasteiger partial charge in [0, 0.05) is 14.1 Å². The van der Waals surface area contributed by atoms with Gasteiger partial charge in [0.1, 0.15) is 12.1 Å². The number of hydrogen-bond donors (Lipinski definition) is 1. The average Bonchev–Trinajstić information content (AvgIpc) is 2.85. The smallest absolute Gasteiger partial charge is 0.326 e. The Bertz CT molecular complexity index is 689. The number of rotatable bonds is 6. The molecule has 8 nitrogen and oxygen atoms in total. The quantitative estimate of drug-likeness (QED) is 0.596. The lowest BCUT2D eigenvalue weighted by atomic mass is 9.87.